The Morgan fingerprint density at radius 3 is 2.20 bits per heavy atom. The molecule has 1 aliphatic carbocycles. The topological polar surface area (TPSA) is 124 Å². The van der Waals surface area contributed by atoms with Gasteiger partial charge in [-0.1, -0.05) is 18.2 Å². The van der Waals surface area contributed by atoms with Crippen molar-refractivity contribution in [1.29, 1.82) is 0 Å². The molecule has 2 aromatic rings. The van der Waals surface area contributed by atoms with Crippen molar-refractivity contribution in [3.05, 3.63) is 64.3 Å². The number of benzene rings is 2. The van der Waals surface area contributed by atoms with Gasteiger partial charge in [-0.25, -0.2) is 4.79 Å². The summed E-state index contributed by atoms with van der Waals surface area (Å²) in [5, 5.41) is 23.2. The van der Waals surface area contributed by atoms with Crippen molar-refractivity contribution in [2.45, 2.75) is 51.9 Å². The van der Waals surface area contributed by atoms with Crippen molar-refractivity contribution in [2.75, 3.05) is 45.8 Å². The number of aliphatic hydroxyl groups is 1. The molecule has 3 atom stereocenters. The summed E-state index contributed by atoms with van der Waals surface area (Å²) in [6.07, 6.45) is -0.501. The number of aliphatic carboxylic acids is 1. The van der Waals surface area contributed by atoms with Gasteiger partial charge in [0.15, 0.2) is 12.3 Å². The third-order valence-electron chi connectivity index (χ3n) is 10.8. The molecule has 4 saturated heterocycles. The lowest BCUT2D eigenvalue weighted by atomic mass is 9.82. The Labute approximate surface area is 256 Å². The summed E-state index contributed by atoms with van der Waals surface area (Å²) >= 11 is 0. The number of rotatable bonds is 8. The van der Waals surface area contributed by atoms with Gasteiger partial charge in [-0.2, -0.15) is 0 Å². The van der Waals surface area contributed by atoms with Crippen LogP contribution in [0.15, 0.2) is 42.1 Å². The monoisotopic (exact) mass is 600 g/mol. The van der Waals surface area contributed by atoms with Crippen LogP contribution in [0.25, 0.3) is 16.7 Å². The van der Waals surface area contributed by atoms with Crippen LogP contribution in [0, 0.1) is 5.92 Å². The number of β-lactam (4-membered cyclic amide) rings is 1. The van der Waals surface area contributed by atoms with Gasteiger partial charge < -0.3 is 29.4 Å². The normalized spacial score (nSPS) is 29.0. The van der Waals surface area contributed by atoms with Gasteiger partial charge in [-0.05, 0) is 67.7 Å². The second kappa shape index (κ2) is 10.1. The molecule has 6 aliphatic rings. The Bertz CT molecular complexity index is 1630. The SMILES string of the molecule is CC(C)NC(=O)C[N+]12CC[N+](Cc3ccc4c(c3)C(=O)c3ccc(C5=C(C(=O)O)N6C(=O)[C@H]([C@@H](C)O)[C@H]6C5)cc3-4)(CC1)CC2. The maximum absolute atomic E-state index is 13.6. The molecule has 2 bridgehead atoms. The molecule has 0 radical (unpaired) electrons. The van der Waals surface area contributed by atoms with E-state index in [9.17, 15) is 29.4 Å². The van der Waals surface area contributed by atoms with Crippen LogP contribution in [0.2, 0.25) is 0 Å². The first-order chi connectivity index (χ1) is 20.9. The van der Waals surface area contributed by atoms with E-state index in [0.29, 0.717) is 35.2 Å². The van der Waals surface area contributed by atoms with E-state index in [-0.39, 0.29) is 35.4 Å². The molecule has 0 saturated carbocycles. The van der Waals surface area contributed by atoms with Crippen LogP contribution < -0.4 is 5.32 Å². The van der Waals surface area contributed by atoms with E-state index in [4.69, 9.17) is 0 Å². The zero-order valence-electron chi connectivity index (χ0n) is 25.5. The van der Waals surface area contributed by atoms with Crippen LogP contribution in [-0.4, -0.2) is 112 Å². The molecule has 10 nitrogen and oxygen atoms in total. The number of amides is 2. The predicted octanol–water partition coefficient (Wildman–Crippen LogP) is 1.99. The Balaban J connectivity index is 1.11. The maximum atomic E-state index is 13.6. The minimum Gasteiger partial charge on any atom is -0.477 e. The van der Waals surface area contributed by atoms with Crippen LogP contribution in [0.3, 0.4) is 0 Å². The number of carbonyl (C=O) groups excluding carboxylic acids is 3. The number of carbonyl (C=O) groups is 4. The molecular weight excluding hydrogens is 560 g/mol. The Kier molecular flexibility index (Phi) is 6.62. The number of nitrogens with zero attached hydrogens (tertiary/aromatic N) is 3. The van der Waals surface area contributed by atoms with Crippen molar-refractivity contribution in [1.82, 2.24) is 10.2 Å². The molecule has 44 heavy (non-hydrogen) atoms. The fourth-order valence-corrected chi connectivity index (χ4v) is 8.41. The van der Waals surface area contributed by atoms with E-state index in [1.54, 1.807) is 19.1 Å². The minimum atomic E-state index is -1.17. The van der Waals surface area contributed by atoms with Gasteiger partial charge in [0.1, 0.15) is 51.5 Å². The van der Waals surface area contributed by atoms with E-state index in [0.717, 1.165) is 71.5 Å². The molecule has 4 fully saturated rings. The summed E-state index contributed by atoms with van der Waals surface area (Å²) in [4.78, 5) is 52.3. The lowest BCUT2D eigenvalue weighted by Gasteiger charge is -2.55. The highest BCUT2D eigenvalue weighted by atomic mass is 16.4. The summed E-state index contributed by atoms with van der Waals surface area (Å²) in [5.41, 5.74) is 5.23. The number of piperazine rings is 3. The van der Waals surface area contributed by atoms with E-state index in [1.807, 2.05) is 32.0 Å². The number of carboxylic acid groups (broad SMARTS) is 1. The number of hydrogen-bond acceptors (Lipinski definition) is 5. The van der Waals surface area contributed by atoms with E-state index >= 15 is 0 Å². The average molecular weight is 601 g/mol. The number of aliphatic hydroxyl groups excluding tert-OH is 1. The Morgan fingerprint density at radius 1 is 0.909 bits per heavy atom. The molecule has 0 aromatic heterocycles. The number of nitrogens with one attached hydrogen (secondary N) is 1. The lowest BCUT2D eigenvalue weighted by molar-refractivity contribution is -1.08. The summed E-state index contributed by atoms with van der Waals surface area (Å²) in [6, 6.07) is 11.4. The van der Waals surface area contributed by atoms with Gasteiger partial charge in [-0.3, -0.25) is 14.4 Å². The minimum absolute atomic E-state index is 0.0282. The highest BCUT2D eigenvalue weighted by molar-refractivity contribution is 6.22. The predicted molar refractivity (Wildman–Crippen MR) is 162 cm³/mol. The van der Waals surface area contributed by atoms with Crippen LogP contribution in [0.5, 0.6) is 0 Å². The second-order valence-corrected chi connectivity index (χ2v) is 13.9. The van der Waals surface area contributed by atoms with Crippen LogP contribution >= 0.6 is 0 Å². The van der Waals surface area contributed by atoms with Gasteiger partial charge in [-0.15, -0.1) is 0 Å². The number of ketones is 1. The fourth-order valence-electron chi connectivity index (χ4n) is 8.41. The standard InChI is InChI=1S/C34H38N4O6/c1-19(2)35-29(40)18-38-11-8-37(9-12-38,10-13-38)17-21-4-6-23-26-15-22(5-7-24(26)32(41)27(23)14-21)25-16-28-30(20(3)39)33(42)36(28)31(25)34(43)44/h4-7,14-15,19-20,28,30,39H,8-13,16-18H2,1-3H3/p+2/t20-,28-,30-,37?,38?/m1/s1. The van der Waals surface area contributed by atoms with Gasteiger partial charge in [0.05, 0.1) is 18.1 Å². The van der Waals surface area contributed by atoms with Gasteiger partial charge in [0.25, 0.3) is 5.91 Å². The van der Waals surface area contributed by atoms with Crippen molar-refractivity contribution in [3.63, 3.8) is 0 Å². The highest BCUT2D eigenvalue weighted by Gasteiger charge is 2.57. The quantitative estimate of drug-likeness (QED) is 0.269. The van der Waals surface area contributed by atoms with Gasteiger partial charge >= 0.3 is 5.97 Å². The molecule has 230 valence electrons. The van der Waals surface area contributed by atoms with E-state index in [1.165, 1.54) is 4.90 Å². The highest BCUT2D eigenvalue weighted by Crippen LogP contribution is 2.48. The maximum Gasteiger partial charge on any atom is 0.352 e. The van der Waals surface area contributed by atoms with Crippen molar-refractivity contribution in [3.8, 4) is 11.1 Å². The number of hydrogen-bond donors (Lipinski definition) is 3. The number of quaternary nitrogens is 2. The molecule has 2 aromatic carbocycles. The molecule has 0 spiro atoms. The van der Waals surface area contributed by atoms with E-state index in [2.05, 4.69) is 11.4 Å². The van der Waals surface area contributed by atoms with Crippen molar-refractivity contribution in [2.24, 2.45) is 5.92 Å². The molecular formula is C34H40N4O6+2. The van der Waals surface area contributed by atoms with Crippen molar-refractivity contribution < 1.29 is 38.4 Å². The number of carboxylic acids is 1. The lowest BCUT2D eigenvalue weighted by Crippen LogP contribution is -2.75. The first kappa shape index (κ1) is 28.9. The molecule has 3 N–H and O–H groups in total. The summed E-state index contributed by atoms with van der Waals surface area (Å²) in [7, 11) is 0. The smallest absolute Gasteiger partial charge is 0.352 e. The first-order valence-electron chi connectivity index (χ1n) is 15.7. The third kappa shape index (κ3) is 4.42. The summed E-state index contributed by atoms with van der Waals surface area (Å²) < 4.78 is 1.84. The molecule has 5 heterocycles. The third-order valence-corrected chi connectivity index (χ3v) is 10.8. The molecule has 5 aliphatic heterocycles. The zero-order chi connectivity index (χ0) is 31.1. The van der Waals surface area contributed by atoms with Crippen LogP contribution in [0.1, 0.15) is 54.2 Å². The van der Waals surface area contributed by atoms with Gasteiger partial charge in [0.2, 0.25) is 5.91 Å². The average Bonchev–Trinajstić information content (AvgIpc) is 3.45. The van der Waals surface area contributed by atoms with E-state index < -0.39 is 18.0 Å². The van der Waals surface area contributed by atoms with Crippen molar-refractivity contribution >= 4 is 29.1 Å². The van der Waals surface area contributed by atoms with Crippen LogP contribution in [0.4, 0.5) is 0 Å². The molecule has 0 unspecified atom stereocenters. The Hall–Kier alpha value is -3.86. The summed E-state index contributed by atoms with van der Waals surface area (Å²) in [6.45, 7) is 12.9. The molecule has 2 amide bonds. The molecule has 8 rings (SSSR count). The fraction of sp³-hybridized carbons (Fsp3) is 0.471. The summed E-state index contributed by atoms with van der Waals surface area (Å²) in [5.74, 6) is -2.03. The first-order valence-corrected chi connectivity index (χ1v) is 15.7. The largest absolute Gasteiger partial charge is 0.477 e. The Morgan fingerprint density at radius 2 is 1.57 bits per heavy atom. The zero-order valence-corrected chi connectivity index (χ0v) is 25.5. The van der Waals surface area contributed by atoms with Crippen LogP contribution in [-0.2, 0) is 20.9 Å². The second-order valence-electron chi connectivity index (χ2n) is 13.9. The molecule has 10 heteroatoms. The van der Waals surface area contributed by atoms with Gasteiger partial charge in [0, 0.05) is 22.7 Å². The number of fused-ring (bicyclic) bond motifs is 7.